The van der Waals surface area contributed by atoms with E-state index < -0.39 is 0 Å². The number of carbonyl (C=O) groups is 1. The van der Waals surface area contributed by atoms with Crippen LogP contribution in [0.15, 0.2) is 47.8 Å². The van der Waals surface area contributed by atoms with Gasteiger partial charge in [-0.2, -0.15) is 0 Å². The van der Waals surface area contributed by atoms with Gasteiger partial charge in [0.05, 0.1) is 24.8 Å². The van der Waals surface area contributed by atoms with Crippen molar-refractivity contribution in [3.05, 3.63) is 58.3 Å². The number of benzene rings is 1. The van der Waals surface area contributed by atoms with Crippen LogP contribution in [0.3, 0.4) is 0 Å². The first kappa shape index (κ1) is 18.5. The van der Waals surface area contributed by atoms with Crippen molar-refractivity contribution in [2.24, 2.45) is 0 Å². The van der Waals surface area contributed by atoms with E-state index in [1.807, 2.05) is 29.2 Å². The van der Waals surface area contributed by atoms with Crippen LogP contribution >= 0.6 is 11.3 Å². The first-order valence-corrected chi connectivity index (χ1v) is 10.5. The number of hydrogen-bond acceptors (Lipinski definition) is 4. The van der Waals surface area contributed by atoms with Gasteiger partial charge in [0.1, 0.15) is 0 Å². The summed E-state index contributed by atoms with van der Waals surface area (Å²) in [5, 5.41) is 5.33. The molecular weight excluding hydrogens is 360 g/mol. The molecule has 2 aromatic rings. The lowest BCUT2D eigenvalue weighted by Gasteiger charge is -2.44. The Bertz CT molecular complexity index is 724. The Hall–Kier alpha value is -1.89. The van der Waals surface area contributed by atoms with Crippen molar-refractivity contribution in [1.29, 1.82) is 0 Å². The average molecular weight is 387 g/mol. The van der Waals surface area contributed by atoms with Crippen LogP contribution in [0.25, 0.3) is 0 Å². The fourth-order valence-corrected chi connectivity index (χ4v) is 4.64. The molecule has 27 heavy (non-hydrogen) atoms. The van der Waals surface area contributed by atoms with E-state index >= 15 is 0 Å². The van der Waals surface area contributed by atoms with Crippen LogP contribution in [0.5, 0.6) is 0 Å². The number of amides is 2. The molecule has 2 amide bonds. The molecule has 1 unspecified atom stereocenters. The minimum absolute atomic E-state index is 0.00139. The van der Waals surface area contributed by atoms with Gasteiger partial charge in [0.25, 0.3) is 0 Å². The molecule has 0 aliphatic carbocycles. The molecular formula is C21H26N2O3S. The van der Waals surface area contributed by atoms with Crippen molar-refractivity contribution in [1.82, 2.24) is 10.2 Å². The van der Waals surface area contributed by atoms with E-state index in [4.69, 9.17) is 9.47 Å². The standard InChI is InChI=1S/C21H26N2O3S/c24-20(23-10-13-26-21(16-23)8-11-25-12-9-21)22-18(19-7-4-14-27-19)15-17-5-2-1-3-6-17/h1-7,14,18H,8-13,15-16H2,(H,22,24). The van der Waals surface area contributed by atoms with Gasteiger partial charge < -0.3 is 19.7 Å². The summed E-state index contributed by atoms with van der Waals surface area (Å²) in [6.45, 7) is 3.29. The molecule has 5 nitrogen and oxygen atoms in total. The van der Waals surface area contributed by atoms with Crippen LogP contribution < -0.4 is 5.32 Å². The van der Waals surface area contributed by atoms with Gasteiger partial charge in [0, 0.05) is 37.5 Å². The van der Waals surface area contributed by atoms with Crippen LogP contribution in [-0.4, -0.2) is 49.4 Å². The van der Waals surface area contributed by atoms with Gasteiger partial charge in [-0.1, -0.05) is 36.4 Å². The minimum Gasteiger partial charge on any atom is -0.381 e. The first-order valence-electron chi connectivity index (χ1n) is 9.59. The van der Waals surface area contributed by atoms with Gasteiger partial charge in [-0.25, -0.2) is 4.79 Å². The van der Waals surface area contributed by atoms with Crippen LogP contribution in [0, 0.1) is 0 Å². The van der Waals surface area contributed by atoms with Crippen LogP contribution in [0.2, 0.25) is 0 Å². The van der Waals surface area contributed by atoms with Crippen molar-refractivity contribution in [2.45, 2.75) is 30.9 Å². The molecule has 1 aromatic carbocycles. The Morgan fingerprint density at radius 1 is 1.15 bits per heavy atom. The van der Waals surface area contributed by atoms with Crippen LogP contribution in [-0.2, 0) is 15.9 Å². The summed E-state index contributed by atoms with van der Waals surface area (Å²) in [6.07, 6.45) is 2.50. The smallest absolute Gasteiger partial charge is 0.318 e. The van der Waals surface area contributed by atoms with Crippen molar-refractivity contribution in [2.75, 3.05) is 32.9 Å². The first-order chi connectivity index (χ1) is 13.2. The summed E-state index contributed by atoms with van der Waals surface area (Å²) in [6, 6.07) is 14.4. The predicted octanol–water partition coefficient (Wildman–Crippen LogP) is 3.62. The highest BCUT2D eigenvalue weighted by atomic mass is 32.1. The topological polar surface area (TPSA) is 50.8 Å². The Labute approximate surface area is 164 Å². The number of urea groups is 1. The summed E-state index contributed by atoms with van der Waals surface area (Å²) in [5.41, 5.74) is 0.991. The number of ether oxygens (including phenoxy) is 2. The highest BCUT2D eigenvalue weighted by Gasteiger charge is 2.40. The van der Waals surface area contributed by atoms with Gasteiger partial charge in [-0.3, -0.25) is 0 Å². The number of nitrogens with one attached hydrogen (secondary N) is 1. The number of rotatable bonds is 4. The fourth-order valence-electron chi connectivity index (χ4n) is 3.87. The zero-order valence-corrected chi connectivity index (χ0v) is 16.2. The predicted molar refractivity (Wildman–Crippen MR) is 106 cm³/mol. The molecule has 2 fully saturated rings. The number of hydrogen-bond donors (Lipinski definition) is 1. The summed E-state index contributed by atoms with van der Waals surface area (Å²) in [5.74, 6) is 0. The maximum Gasteiger partial charge on any atom is 0.318 e. The summed E-state index contributed by atoms with van der Waals surface area (Å²) < 4.78 is 11.5. The SMILES string of the molecule is O=C(NC(Cc1ccccc1)c1cccs1)N1CCOC2(CCOCC2)C1. The Balaban J connectivity index is 1.45. The van der Waals surface area contributed by atoms with Gasteiger partial charge >= 0.3 is 6.03 Å². The normalized spacial score (nSPS) is 20.4. The van der Waals surface area contributed by atoms with E-state index in [0.717, 1.165) is 19.3 Å². The molecule has 2 aliphatic heterocycles. The number of carbonyl (C=O) groups excluding carboxylic acids is 1. The maximum atomic E-state index is 13.1. The second kappa shape index (κ2) is 8.42. The van der Waals surface area contributed by atoms with E-state index in [1.165, 1.54) is 10.4 Å². The Morgan fingerprint density at radius 2 is 1.96 bits per heavy atom. The van der Waals surface area contributed by atoms with Gasteiger partial charge in [-0.05, 0) is 23.4 Å². The van der Waals surface area contributed by atoms with Gasteiger partial charge in [0.2, 0.25) is 0 Å². The molecule has 1 N–H and O–H groups in total. The van der Waals surface area contributed by atoms with Crippen LogP contribution in [0.1, 0.15) is 29.3 Å². The second-order valence-electron chi connectivity index (χ2n) is 7.27. The van der Waals surface area contributed by atoms with Gasteiger partial charge in [-0.15, -0.1) is 11.3 Å². The number of morpholine rings is 1. The molecule has 0 saturated carbocycles. The van der Waals surface area contributed by atoms with Crippen molar-refractivity contribution in [3.8, 4) is 0 Å². The lowest BCUT2D eigenvalue weighted by Crippen LogP contribution is -2.58. The summed E-state index contributed by atoms with van der Waals surface area (Å²) in [4.78, 5) is 16.2. The third-order valence-corrected chi connectivity index (χ3v) is 6.39. The average Bonchev–Trinajstić information content (AvgIpc) is 3.24. The third kappa shape index (κ3) is 4.51. The highest BCUT2D eigenvalue weighted by Crippen LogP contribution is 2.30. The quantitative estimate of drug-likeness (QED) is 0.873. The van der Waals surface area contributed by atoms with Gasteiger partial charge in [0.15, 0.2) is 0 Å². The number of nitrogens with zero attached hydrogens (tertiary/aromatic N) is 1. The molecule has 6 heteroatoms. The van der Waals surface area contributed by atoms with Crippen molar-refractivity contribution in [3.63, 3.8) is 0 Å². The molecule has 3 heterocycles. The summed E-state index contributed by atoms with van der Waals surface area (Å²) >= 11 is 1.69. The molecule has 4 rings (SSSR count). The zero-order chi connectivity index (χ0) is 18.5. The summed E-state index contributed by atoms with van der Waals surface area (Å²) in [7, 11) is 0. The van der Waals surface area contributed by atoms with E-state index in [-0.39, 0.29) is 17.7 Å². The fraction of sp³-hybridized carbons (Fsp3) is 0.476. The molecule has 0 radical (unpaired) electrons. The van der Waals surface area contributed by atoms with E-state index in [0.29, 0.717) is 32.9 Å². The van der Waals surface area contributed by atoms with Crippen molar-refractivity contribution < 1.29 is 14.3 Å². The Morgan fingerprint density at radius 3 is 2.70 bits per heavy atom. The second-order valence-corrected chi connectivity index (χ2v) is 8.25. The molecule has 1 atom stereocenters. The lowest BCUT2D eigenvalue weighted by molar-refractivity contribution is -0.145. The highest BCUT2D eigenvalue weighted by molar-refractivity contribution is 7.10. The van der Waals surface area contributed by atoms with E-state index in [9.17, 15) is 4.79 Å². The van der Waals surface area contributed by atoms with E-state index in [2.05, 4.69) is 28.9 Å². The van der Waals surface area contributed by atoms with E-state index in [1.54, 1.807) is 11.3 Å². The molecule has 2 aliphatic rings. The van der Waals surface area contributed by atoms with Crippen LogP contribution in [0.4, 0.5) is 4.79 Å². The largest absolute Gasteiger partial charge is 0.381 e. The molecule has 144 valence electrons. The molecule has 0 bridgehead atoms. The third-order valence-electron chi connectivity index (χ3n) is 5.41. The number of thiophene rings is 1. The molecule has 1 aromatic heterocycles. The van der Waals surface area contributed by atoms with Crippen molar-refractivity contribution >= 4 is 17.4 Å². The Kier molecular flexibility index (Phi) is 5.76. The molecule has 2 saturated heterocycles. The lowest BCUT2D eigenvalue weighted by atomic mass is 9.92. The maximum absolute atomic E-state index is 13.1. The monoisotopic (exact) mass is 386 g/mol. The molecule has 1 spiro atoms. The zero-order valence-electron chi connectivity index (χ0n) is 15.4. The minimum atomic E-state index is -0.230.